The minimum Gasteiger partial charge on any atom is -0.294 e. The van der Waals surface area contributed by atoms with E-state index in [2.05, 4.69) is 15.9 Å². The lowest BCUT2D eigenvalue weighted by atomic mass is 10.1. The number of nitriles is 1. The van der Waals surface area contributed by atoms with Crippen LogP contribution in [0.1, 0.15) is 22.8 Å². The van der Waals surface area contributed by atoms with Crippen LogP contribution in [-0.4, -0.2) is 5.78 Å². The van der Waals surface area contributed by atoms with Gasteiger partial charge in [-0.25, -0.2) is 4.39 Å². The molecule has 0 unspecified atom stereocenters. The van der Waals surface area contributed by atoms with Crippen molar-refractivity contribution in [1.82, 2.24) is 0 Å². The maximum absolute atomic E-state index is 13.0. The van der Waals surface area contributed by atoms with Gasteiger partial charge in [0.25, 0.3) is 0 Å². The van der Waals surface area contributed by atoms with E-state index in [0.717, 1.165) is 6.07 Å². The Balaban J connectivity index is 3.39. The molecular weight excluding hydrogens is 237 g/mol. The van der Waals surface area contributed by atoms with Gasteiger partial charge in [0.15, 0.2) is 5.78 Å². The van der Waals surface area contributed by atoms with Crippen LogP contribution in [0.3, 0.4) is 0 Å². The highest BCUT2D eigenvalue weighted by Crippen LogP contribution is 2.21. The third-order valence-electron chi connectivity index (χ3n) is 1.56. The maximum atomic E-state index is 13.0. The van der Waals surface area contributed by atoms with Gasteiger partial charge >= 0.3 is 0 Å². The first-order chi connectivity index (χ1) is 6.06. The number of carbonyl (C=O) groups is 1. The minimum atomic E-state index is -0.670. The van der Waals surface area contributed by atoms with Crippen LogP contribution in [0.2, 0.25) is 0 Å². The molecule has 0 aliphatic rings. The van der Waals surface area contributed by atoms with Crippen LogP contribution in [0.4, 0.5) is 4.39 Å². The molecule has 66 valence electrons. The van der Waals surface area contributed by atoms with Crippen molar-refractivity contribution in [2.45, 2.75) is 6.92 Å². The number of benzene rings is 1. The summed E-state index contributed by atoms with van der Waals surface area (Å²) in [6, 6.07) is 4.04. The van der Waals surface area contributed by atoms with Crippen LogP contribution in [-0.2, 0) is 0 Å². The topological polar surface area (TPSA) is 40.9 Å². The molecule has 0 radical (unpaired) electrons. The third-order valence-corrected chi connectivity index (χ3v) is 2.21. The Morgan fingerprint density at radius 1 is 1.62 bits per heavy atom. The predicted octanol–water partition coefficient (Wildman–Crippen LogP) is 2.66. The molecule has 0 saturated carbocycles. The second-order valence-electron chi connectivity index (χ2n) is 2.48. The Morgan fingerprint density at radius 3 is 2.69 bits per heavy atom. The molecule has 0 bridgehead atoms. The number of halogens is 2. The molecule has 0 amide bonds. The van der Waals surface area contributed by atoms with Gasteiger partial charge in [0.2, 0.25) is 0 Å². The van der Waals surface area contributed by atoms with Gasteiger partial charge < -0.3 is 0 Å². The van der Waals surface area contributed by atoms with E-state index in [-0.39, 0.29) is 16.9 Å². The highest BCUT2D eigenvalue weighted by Gasteiger charge is 2.10. The van der Waals surface area contributed by atoms with Crippen molar-refractivity contribution in [3.63, 3.8) is 0 Å². The van der Waals surface area contributed by atoms with Crippen LogP contribution in [0.5, 0.6) is 0 Å². The zero-order chi connectivity index (χ0) is 10.0. The highest BCUT2D eigenvalue weighted by molar-refractivity contribution is 9.10. The van der Waals surface area contributed by atoms with Crippen LogP contribution >= 0.6 is 15.9 Å². The fraction of sp³-hybridized carbons (Fsp3) is 0.111. The van der Waals surface area contributed by atoms with E-state index >= 15 is 0 Å². The average molecular weight is 242 g/mol. The van der Waals surface area contributed by atoms with E-state index in [1.807, 2.05) is 0 Å². The number of ketones is 1. The lowest BCUT2D eigenvalue weighted by molar-refractivity contribution is 0.101. The lowest BCUT2D eigenvalue weighted by Gasteiger charge is -2.00. The van der Waals surface area contributed by atoms with E-state index < -0.39 is 5.82 Å². The summed E-state index contributed by atoms with van der Waals surface area (Å²) in [5.41, 5.74) is 0.174. The minimum absolute atomic E-state index is 0.0723. The quantitative estimate of drug-likeness (QED) is 0.710. The van der Waals surface area contributed by atoms with E-state index in [9.17, 15) is 9.18 Å². The highest BCUT2D eigenvalue weighted by atomic mass is 79.9. The Kier molecular flexibility index (Phi) is 2.79. The van der Waals surface area contributed by atoms with E-state index in [0.29, 0.717) is 4.47 Å². The largest absolute Gasteiger partial charge is 0.294 e. The fourth-order valence-electron chi connectivity index (χ4n) is 0.902. The third kappa shape index (κ3) is 1.93. The molecule has 0 saturated heterocycles. The fourth-order valence-corrected chi connectivity index (χ4v) is 1.52. The molecule has 4 heteroatoms. The van der Waals surface area contributed by atoms with Crippen molar-refractivity contribution in [1.29, 1.82) is 5.26 Å². The van der Waals surface area contributed by atoms with Gasteiger partial charge in [-0.15, -0.1) is 0 Å². The Hall–Kier alpha value is -1.21. The Bertz CT molecular complexity index is 409. The summed E-state index contributed by atoms with van der Waals surface area (Å²) < 4.78 is 13.4. The first-order valence-corrected chi connectivity index (χ1v) is 4.25. The van der Waals surface area contributed by atoms with E-state index in [4.69, 9.17) is 5.26 Å². The van der Waals surface area contributed by atoms with Gasteiger partial charge in [-0.05, 0) is 35.0 Å². The monoisotopic (exact) mass is 241 g/mol. The SMILES string of the molecule is CC(=O)c1cc(F)c(C#N)cc1Br. The van der Waals surface area contributed by atoms with Crippen molar-refractivity contribution < 1.29 is 9.18 Å². The molecule has 1 rings (SSSR count). The number of hydrogen-bond donors (Lipinski definition) is 0. The predicted molar refractivity (Wildman–Crippen MR) is 48.8 cm³/mol. The second kappa shape index (κ2) is 3.67. The van der Waals surface area contributed by atoms with E-state index in [1.165, 1.54) is 13.0 Å². The van der Waals surface area contributed by atoms with Gasteiger partial charge in [0.05, 0.1) is 5.56 Å². The van der Waals surface area contributed by atoms with Gasteiger partial charge in [0.1, 0.15) is 11.9 Å². The summed E-state index contributed by atoms with van der Waals surface area (Å²) in [6.45, 7) is 1.34. The molecule has 0 spiro atoms. The average Bonchev–Trinajstić information content (AvgIpc) is 2.07. The first-order valence-electron chi connectivity index (χ1n) is 3.46. The standard InChI is InChI=1S/C9H5BrFNO/c1-5(13)7-3-9(11)6(4-12)2-8(7)10/h2-3H,1H3. The van der Waals surface area contributed by atoms with Crippen LogP contribution in [0.25, 0.3) is 0 Å². The number of carbonyl (C=O) groups excluding carboxylic acids is 1. The smallest absolute Gasteiger partial charge is 0.161 e. The number of hydrogen-bond acceptors (Lipinski definition) is 2. The van der Waals surface area contributed by atoms with Crippen molar-refractivity contribution in [2.24, 2.45) is 0 Å². The van der Waals surface area contributed by atoms with Crippen molar-refractivity contribution in [3.8, 4) is 6.07 Å². The van der Waals surface area contributed by atoms with Crippen molar-refractivity contribution in [3.05, 3.63) is 33.5 Å². The molecule has 1 aromatic rings. The van der Waals surface area contributed by atoms with Crippen molar-refractivity contribution >= 4 is 21.7 Å². The van der Waals surface area contributed by atoms with Gasteiger partial charge in [-0.3, -0.25) is 4.79 Å². The molecule has 0 N–H and O–H groups in total. The molecule has 0 atom stereocenters. The molecular formula is C9H5BrFNO. The van der Waals surface area contributed by atoms with Gasteiger partial charge in [-0.1, -0.05) is 0 Å². The summed E-state index contributed by atoms with van der Waals surface area (Å²) in [4.78, 5) is 10.9. The zero-order valence-electron chi connectivity index (χ0n) is 6.77. The summed E-state index contributed by atoms with van der Waals surface area (Å²) in [6.07, 6.45) is 0. The summed E-state index contributed by atoms with van der Waals surface area (Å²) in [5, 5.41) is 8.48. The summed E-state index contributed by atoms with van der Waals surface area (Å²) in [5.74, 6) is -0.911. The Morgan fingerprint density at radius 2 is 2.23 bits per heavy atom. The zero-order valence-corrected chi connectivity index (χ0v) is 8.35. The molecule has 0 aliphatic carbocycles. The molecule has 0 aliphatic heterocycles. The lowest BCUT2D eigenvalue weighted by Crippen LogP contribution is -1.96. The van der Waals surface area contributed by atoms with Gasteiger partial charge in [0, 0.05) is 10.0 Å². The van der Waals surface area contributed by atoms with E-state index in [1.54, 1.807) is 6.07 Å². The van der Waals surface area contributed by atoms with Gasteiger partial charge in [-0.2, -0.15) is 5.26 Å². The first kappa shape index (κ1) is 9.87. The molecule has 0 aromatic heterocycles. The maximum Gasteiger partial charge on any atom is 0.161 e. The van der Waals surface area contributed by atoms with Crippen molar-refractivity contribution in [2.75, 3.05) is 0 Å². The van der Waals surface area contributed by atoms with Crippen LogP contribution < -0.4 is 0 Å². The van der Waals surface area contributed by atoms with Crippen LogP contribution in [0, 0.1) is 17.1 Å². The molecule has 13 heavy (non-hydrogen) atoms. The Labute approximate surface area is 83.1 Å². The summed E-state index contributed by atoms with van der Waals surface area (Å²) >= 11 is 3.08. The number of nitrogens with zero attached hydrogens (tertiary/aromatic N) is 1. The molecule has 1 aromatic carbocycles. The second-order valence-corrected chi connectivity index (χ2v) is 3.33. The normalized spacial score (nSPS) is 9.38. The molecule has 0 heterocycles. The summed E-state index contributed by atoms with van der Waals surface area (Å²) in [7, 11) is 0. The molecule has 2 nitrogen and oxygen atoms in total. The van der Waals surface area contributed by atoms with Crippen LogP contribution in [0.15, 0.2) is 16.6 Å². The molecule has 0 fully saturated rings. The number of Topliss-reactive ketones (excluding diaryl/α,β-unsaturated/α-hetero) is 1. The number of rotatable bonds is 1.